The van der Waals surface area contributed by atoms with Crippen LogP contribution < -0.4 is 10.2 Å². The summed E-state index contributed by atoms with van der Waals surface area (Å²) in [4.78, 5) is 32.2. The van der Waals surface area contributed by atoms with Gasteiger partial charge in [0.1, 0.15) is 11.6 Å². The van der Waals surface area contributed by atoms with Crippen LogP contribution in [-0.2, 0) is 4.79 Å². The smallest absolute Gasteiger partial charge is 0.321 e. The Morgan fingerprint density at radius 2 is 2.09 bits per heavy atom. The van der Waals surface area contributed by atoms with Crippen LogP contribution in [0.25, 0.3) is 11.0 Å². The summed E-state index contributed by atoms with van der Waals surface area (Å²) in [5.74, 6) is -1.23. The van der Waals surface area contributed by atoms with E-state index >= 15 is 0 Å². The van der Waals surface area contributed by atoms with Crippen molar-refractivity contribution in [1.82, 2.24) is 20.1 Å². The first-order valence-corrected chi connectivity index (χ1v) is 10.3. The number of fused-ring (bicyclic) bond motifs is 1. The molecule has 3 amide bonds. The molecule has 9 nitrogen and oxygen atoms in total. The number of aromatic amines is 1. The molecule has 0 unspecified atom stereocenters. The lowest BCUT2D eigenvalue weighted by Gasteiger charge is -2.24. The number of H-pyrrole nitrogens is 1. The molecule has 2 saturated heterocycles. The van der Waals surface area contributed by atoms with Crippen molar-refractivity contribution >= 4 is 34.5 Å². The van der Waals surface area contributed by atoms with Crippen LogP contribution in [0, 0.1) is 11.6 Å². The fraction of sp³-hybridized carbons (Fsp3) is 0.333. The zero-order valence-corrected chi connectivity index (χ0v) is 16.9. The minimum Gasteiger partial charge on any atom is -0.391 e. The number of anilines is 2. The second-order valence-corrected chi connectivity index (χ2v) is 7.97. The monoisotopic (exact) mass is 442 g/mol. The third-order valence-corrected chi connectivity index (χ3v) is 5.86. The molecule has 0 saturated carbocycles. The SMILES string of the molecule is O=C(Nc1cnc2[nH]nc(N3C(=O)CC[C@@H]3c3cc(F)ccc3F)c2c1)N1CC[C@H](O)C1. The molecule has 1 aromatic carbocycles. The standard InChI is InChI=1S/C21H20F2N6O3/c22-11-1-2-16(23)14(7-11)17-3-4-18(31)29(17)20-15-8-12(9-24-19(15)26-27-20)25-21(32)28-6-5-13(30)10-28/h1-2,7-9,13,17,30H,3-6,10H2,(H,25,32)(H,24,26,27)/t13-,17+/m0/s1. The molecule has 0 aliphatic carbocycles. The lowest BCUT2D eigenvalue weighted by Crippen LogP contribution is -2.33. The molecule has 3 N–H and O–H groups in total. The van der Waals surface area contributed by atoms with Gasteiger partial charge in [-0.1, -0.05) is 0 Å². The topological polar surface area (TPSA) is 114 Å². The summed E-state index contributed by atoms with van der Waals surface area (Å²) < 4.78 is 28.2. The summed E-state index contributed by atoms with van der Waals surface area (Å²) in [6.45, 7) is 0.699. The summed E-state index contributed by atoms with van der Waals surface area (Å²) in [6, 6.07) is 3.70. The molecule has 2 aliphatic heterocycles. The van der Waals surface area contributed by atoms with Crippen molar-refractivity contribution in [3.8, 4) is 0 Å². The highest BCUT2D eigenvalue weighted by molar-refractivity contribution is 6.03. The van der Waals surface area contributed by atoms with E-state index in [9.17, 15) is 23.5 Å². The second-order valence-electron chi connectivity index (χ2n) is 7.97. The van der Waals surface area contributed by atoms with E-state index in [2.05, 4.69) is 20.5 Å². The molecule has 0 spiro atoms. The molecule has 2 aromatic heterocycles. The predicted octanol–water partition coefficient (Wildman–Crippen LogP) is 2.70. The molecular weight excluding hydrogens is 422 g/mol. The zero-order valence-electron chi connectivity index (χ0n) is 16.9. The van der Waals surface area contributed by atoms with E-state index in [0.29, 0.717) is 36.1 Å². The van der Waals surface area contributed by atoms with Crippen LogP contribution >= 0.6 is 0 Å². The highest BCUT2D eigenvalue weighted by Crippen LogP contribution is 2.40. The lowest BCUT2D eigenvalue weighted by atomic mass is 10.0. The minimum atomic E-state index is -0.714. The van der Waals surface area contributed by atoms with Crippen molar-refractivity contribution in [2.45, 2.75) is 31.4 Å². The largest absolute Gasteiger partial charge is 0.391 e. The Morgan fingerprint density at radius 3 is 2.88 bits per heavy atom. The average molecular weight is 442 g/mol. The number of likely N-dealkylation sites (tertiary alicyclic amines) is 1. The number of aliphatic hydroxyl groups is 1. The van der Waals surface area contributed by atoms with Gasteiger partial charge in [0.25, 0.3) is 0 Å². The van der Waals surface area contributed by atoms with E-state index in [1.165, 1.54) is 16.0 Å². The molecule has 2 atom stereocenters. The molecule has 0 radical (unpaired) electrons. The van der Waals surface area contributed by atoms with Gasteiger partial charge in [0.15, 0.2) is 11.5 Å². The van der Waals surface area contributed by atoms with E-state index in [1.807, 2.05) is 0 Å². The highest BCUT2D eigenvalue weighted by atomic mass is 19.1. The average Bonchev–Trinajstić information content (AvgIpc) is 3.48. The Hall–Kier alpha value is -3.60. The maximum Gasteiger partial charge on any atom is 0.321 e. The van der Waals surface area contributed by atoms with E-state index in [-0.39, 0.29) is 36.3 Å². The predicted molar refractivity (Wildman–Crippen MR) is 111 cm³/mol. The Bertz CT molecular complexity index is 1220. The number of rotatable bonds is 3. The number of hydrogen-bond acceptors (Lipinski definition) is 5. The first-order chi connectivity index (χ1) is 15.4. The third kappa shape index (κ3) is 3.54. The normalized spacial score (nSPS) is 21.0. The van der Waals surface area contributed by atoms with Crippen LogP contribution in [0.4, 0.5) is 25.1 Å². The van der Waals surface area contributed by atoms with Gasteiger partial charge < -0.3 is 15.3 Å². The van der Waals surface area contributed by atoms with Crippen molar-refractivity contribution < 1.29 is 23.5 Å². The van der Waals surface area contributed by atoms with Gasteiger partial charge in [0, 0.05) is 25.1 Å². The number of carbonyl (C=O) groups is 2. The molecule has 2 fully saturated rings. The van der Waals surface area contributed by atoms with Gasteiger partial charge in [-0.15, -0.1) is 0 Å². The van der Waals surface area contributed by atoms with Gasteiger partial charge in [0.2, 0.25) is 5.91 Å². The van der Waals surface area contributed by atoms with Gasteiger partial charge in [-0.05, 0) is 37.1 Å². The summed E-state index contributed by atoms with van der Waals surface area (Å²) in [6.07, 6.45) is 1.91. The fourth-order valence-corrected chi connectivity index (χ4v) is 4.29. The van der Waals surface area contributed by atoms with Gasteiger partial charge in [0.05, 0.1) is 29.4 Å². The Kier molecular flexibility index (Phi) is 4.97. The molecule has 0 bridgehead atoms. The quantitative estimate of drug-likeness (QED) is 0.577. The number of nitrogens with zero attached hydrogens (tertiary/aromatic N) is 4. The third-order valence-electron chi connectivity index (χ3n) is 5.86. The van der Waals surface area contributed by atoms with Crippen LogP contribution in [0.5, 0.6) is 0 Å². The van der Waals surface area contributed by atoms with Crippen molar-refractivity contribution in [2.75, 3.05) is 23.3 Å². The van der Waals surface area contributed by atoms with Crippen LogP contribution in [0.3, 0.4) is 0 Å². The molecule has 4 heterocycles. The number of aliphatic hydroxyl groups excluding tert-OH is 1. The Morgan fingerprint density at radius 1 is 1.25 bits per heavy atom. The fourth-order valence-electron chi connectivity index (χ4n) is 4.29. The number of amides is 3. The number of halogens is 2. The summed E-state index contributed by atoms with van der Waals surface area (Å²) in [7, 11) is 0. The maximum atomic E-state index is 14.4. The van der Waals surface area contributed by atoms with Crippen molar-refractivity contribution in [3.05, 3.63) is 47.7 Å². The summed E-state index contributed by atoms with van der Waals surface area (Å²) in [5.41, 5.74) is 0.844. The molecule has 2 aliphatic rings. The first kappa shape index (κ1) is 20.3. The Labute approximate surface area is 181 Å². The van der Waals surface area contributed by atoms with Crippen LogP contribution in [-0.4, -0.2) is 56.3 Å². The van der Waals surface area contributed by atoms with Gasteiger partial charge in [-0.2, -0.15) is 5.10 Å². The van der Waals surface area contributed by atoms with E-state index in [4.69, 9.17) is 0 Å². The number of aromatic nitrogens is 3. The first-order valence-electron chi connectivity index (χ1n) is 10.3. The number of pyridine rings is 1. The highest BCUT2D eigenvalue weighted by Gasteiger charge is 2.37. The minimum absolute atomic E-state index is 0.0806. The molecule has 32 heavy (non-hydrogen) atoms. The number of carbonyl (C=O) groups excluding carboxylic acids is 2. The zero-order chi connectivity index (χ0) is 22.4. The van der Waals surface area contributed by atoms with Crippen molar-refractivity contribution in [2.24, 2.45) is 0 Å². The summed E-state index contributed by atoms with van der Waals surface area (Å²) in [5, 5.41) is 19.8. The molecular formula is C21H20F2N6O3. The number of β-amino-alcohol motifs (C(OH)–C–C–N with tert-alkyl or cyclic N) is 1. The number of benzene rings is 1. The molecule has 166 valence electrons. The number of urea groups is 1. The van der Waals surface area contributed by atoms with Crippen molar-refractivity contribution in [3.63, 3.8) is 0 Å². The summed E-state index contributed by atoms with van der Waals surface area (Å²) >= 11 is 0. The lowest BCUT2D eigenvalue weighted by molar-refractivity contribution is -0.117. The Balaban J connectivity index is 1.48. The van der Waals surface area contributed by atoms with Gasteiger partial charge >= 0.3 is 6.03 Å². The van der Waals surface area contributed by atoms with Crippen LogP contribution in [0.1, 0.15) is 30.9 Å². The van der Waals surface area contributed by atoms with E-state index < -0.39 is 23.8 Å². The van der Waals surface area contributed by atoms with Crippen LogP contribution in [0.15, 0.2) is 30.5 Å². The van der Waals surface area contributed by atoms with E-state index in [0.717, 1.165) is 18.2 Å². The van der Waals surface area contributed by atoms with Crippen LogP contribution in [0.2, 0.25) is 0 Å². The van der Waals surface area contributed by atoms with E-state index in [1.54, 1.807) is 6.07 Å². The van der Waals surface area contributed by atoms with Gasteiger partial charge in [-0.25, -0.2) is 18.6 Å². The molecule has 5 rings (SSSR count). The maximum absolute atomic E-state index is 14.4. The molecule has 3 aromatic rings. The van der Waals surface area contributed by atoms with Gasteiger partial charge in [-0.3, -0.25) is 14.8 Å². The number of nitrogens with one attached hydrogen (secondary N) is 2. The molecule has 11 heteroatoms. The second kappa shape index (κ2) is 7.83. The number of hydrogen-bond donors (Lipinski definition) is 3. The van der Waals surface area contributed by atoms with Crippen molar-refractivity contribution in [1.29, 1.82) is 0 Å².